The minimum Gasteiger partial charge on any atom is -0.351 e. The molecule has 2 amide bonds. The summed E-state index contributed by atoms with van der Waals surface area (Å²) < 4.78 is 44.4. The van der Waals surface area contributed by atoms with Gasteiger partial charge in [0.15, 0.2) is 5.13 Å². The van der Waals surface area contributed by atoms with Crippen LogP contribution in [0.25, 0.3) is 0 Å². The maximum Gasteiger partial charge on any atom is 0.416 e. The van der Waals surface area contributed by atoms with Gasteiger partial charge in [-0.1, -0.05) is 11.2 Å². The highest BCUT2D eigenvalue weighted by atomic mass is 32.1. The molecular weight excluding hydrogens is 499 g/mol. The predicted octanol–water partition coefficient (Wildman–Crippen LogP) is 4.74. The normalized spacial score (nSPS) is 12.1. The van der Waals surface area contributed by atoms with Crippen LogP contribution in [0.5, 0.6) is 0 Å². The minimum absolute atomic E-state index is 0.0294. The number of aromatic nitrogens is 4. The molecule has 186 valence electrons. The lowest BCUT2D eigenvalue weighted by Crippen LogP contribution is -2.27. The summed E-state index contributed by atoms with van der Waals surface area (Å²) in [6, 6.07) is 5.50. The Labute approximate surface area is 206 Å². The summed E-state index contributed by atoms with van der Waals surface area (Å²) >= 11 is 1.36. The van der Waals surface area contributed by atoms with Crippen LogP contribution in [-0.4, -0.2) is 31.9 Å². The Morgan fingerprint density at radius 1 is 1.08 bits per heavy atom. The van der Waals surface area contributed by atoms with Crippen LogP contribution in [0, 0.1) is 6.92 Å². The van der Waals surface area contributed by atoms with Crippen LogP contribution in [0.3, 0.4) is 0 Å². The number of hydrogen-bond donors (Lipinski definition) is 3. The first-order valence-electron chi connectivity index (χ1n) is 10.4. The van der Waals surface area contributed by atoms with E-state index in [-0.39, 0.29) is 28.4 Å². The van der Waals surface area contributed by atoms with E-state index in [0.29, 0.717) is 10.9 Å². The molecule has 0 aliphatic carbocycles. The number of anilines is 3. The minimum atomic E-state index is -4.56. The van der Waals surface area contributed by atoms with Crippen molar-refractivity contribution in [3.8, 4) is 0 Å². The summed E-state index contributed by atoms with van der Waals surface area (Å²) in [6.07, 6.45) is -1.71. The number of hydrogen-bond acceptors (Lipinski definition) is 9. The van der Waals surface area contributed by atoms with Gasteiger partial charge in [0.2, 0.25) is 5.76 Å². The van der Waals surface area contributed by atoms with Gasteiger partial charge in [-0.05, 0) is 31.5 Å². The molecule has 1 atom stereocenters. The molecule has 0 bridgehead atoms. The van der Waals surface area contributed by atoms with Crippen molar-refractivity contribution in [2.75, 3.05) is 10.6 Å². The fraction of sp³-hybridized carbons (Fsp3) is 0.182. The van der Waals surface area contributed by atoms with E-state index in [1.807, 2.05) is 0 Å². The first-order chi connectivity index (χ1) is 17.1. The Hall–Kier alpha value is -4.33. The number of carbonyl (C=O) groups excluding carboxylic acids is 2. The van der Waals surface area contributed by atoms with Gasteiger partial charge in [0.1, 0.15) is 23.5 Å². The van der Waals surface area contributed by atoms with Crippen molar-refractivity contribution < 1.29 is 27.3 Å². The molecule has 0 saturated heterocycles. The zero-order valence-corrected chi connectivity index (χ0v) is 19.6. The Kier molecular flexibility index (Phi) is 6.96. The van der Waals surface area contributed by atoms with Crippen LogP contribution < -0.4 is 16.0 Å². The first-order valence-corrected chi connectivity index (χ1v) is 11.2. The zero-order valence-electron chi connectivity index (χ0n) is 18.8. The molecule has 1 aromatic carbocycles. The summed E-state index contributed by atoms with van der Waals surface area (Å²) in [6.45, 7) is 2.94. The highest BCUT2D eigenvalue weighted by Crippen LogP contribution is 2.33. The average molecular weight is 517 g/mol. The SMILES string of the molecule is Cc1ccc(NC(=O)c2cc([C@H](C)NC(=O)c3cc(Nc4nccs4)ncn3)no2)cc1C(F)(F)F. The van der Waals surface area contributed by atoms with E-state index < -0.39 is 29.6 Å². The molecule has 0 aliphatic rings. The number of nitrogens with one attached hydrogen (secondary N) is 3. The van der Waals surface area contributed by atoms with Crippen LogP contribution in [0.1, 0.15) is 50.8 Å². The highest BCUT2D eigenvalue weighted by molar-refractivity contribution is 7.13. The molecule has 3 heterocycles. The topological polar surface area (TPSA) is 135 Å². The summed E-state index contributed by atoms with van der Waals surface area (Å²) in [5.41, 5.74) is -0.574. The number of alkyl halides is 3. The standard InChI is InChI=1S/C22H18F3N7O3S/c1-11-3-4-13(7-14(11)22(23,24)25)30-20(34)17-8-15(32-35-17)12(2)29-19(33)16-9-18(28-10-27-16)31-21-26-5-6-36-21/h3-10,12H,1-2H3,(H,29,33)(H,30,34)(H,26,27,28,31)/t12-/m0/s1. The van der Waals surface area contributed by atoms with E-state index in [1.165, 1.54) is 48.9 Å². The molecule has 4 aromatic rings. The van der Waals surface area contributed by atoms with Crippen molar-refractivity contribution >= 4 is 39.8 Å². The monoisotopic (exact) mass is 517 g/mol. The van der Waals surface area contributed by atoms with Gasteiger partial charge in [0, 0.05) is 29.4 Å². The van der Waals surface area contributed by atoms with Gasteiger partial charge in [-0.2, -0.15) is 13.2 Å². The third kappa shape index (κ3) is 5.83. The van der Waals surface area contributed by atoms with Crippen molar-refractivity contribution in [2.24, 2.45) is 0 Å². The van der Waals surface area contributed by atoms with Gasteiger partial charge < -0.3 is 20.5 Å². The number of thiazole rings is 1. The van der Waals surface area contributed by atoms with Gasteiger partial charge in [0.05, 0.1) is 11.6 Å². The fourth-order valence-corrected chi connectivity index (χ4v) is 3.62. The van der Waals surface area contributed by atoms with Gasteiger partial charge in [0.25, 0.3) is 11.8 Å². The zero-order chi connectivity index (χ0) is 25.9. The second-order valence-corrected chi connectivity index (χ2v) is 8.44. The third-order valence-corrected chi connectivity index (χ3v) is 5.60. The predicted molar refractivity (Wildman–Crippen MR) is 124 cm³/mol. The van der Waals surface area contributed by atoms with E-state index in [0.717, 1.165) is 6.07 Å². The Morgan fingerprint density at radius 3 is 2.61 bits per heavy atom. The number of carbonyl (C=O) groups is 2. The number of nitrogens with zero attached hydrogens (tertiary/aromatic N) is 4. The van der Waals surface area contributed by atoms with Crippen LogP contribution >= 0.6 is 11.3 Å². The lowest BCUT2D eigenvalue weighted by Gasteiger charge is -2.12. The Balaban J connectivity index is 1.40. The van der Waals surface area contributed by atoms with E-state index >= 15 is 0 Å². The molecule has 0 saturated carbocycles. The maximum absolute atomic E-state index is 13.1. The van der Waals surface area contributed by atoms with Crippen molar-refractivity contribution in [1.29, 1.82) is 0 Å². The molecule has 0 aliphatic heterocycles. The smallest absolute Gasteiger partial charge is 0.351 e. The van der Waals surface area contributed by atoms with Gasteiger partial charge in [-0.15, -0.1) is 11.3 Å². The third-order valence-electron chi connectivity index (χ3n) is 4.91. The Morgan fingerprint density at radius 2 is 1.89 bits per heavy atom. The second kappa shape index (κ2) is 10.1. The second-order valence-electron chi connectivity index (χ2n) is 7.54. The molecule has 0 fully saturated rings. The van der Waals surface area contributed by atoms with Crippen LogP contribution in [0.4, 0.5) is 29.8 Å². The lowest BCUT2D eigenvalue weighted by atomic mass is 10.1. The lowest BCUT2D eigenvalue weighted by molar-refractivity contribution is -0.138. The number of benzene rings is 1. The van der Waals surface area contributed by atoms with E-state index in [1.54, 1.807) is 18.5 Å². The van der Waals surface area contributed by atoms with Gasteiger partial charge >= 0.3 is 6.18 Å². The van der Waals surface area contributed by atoms with Crippen molar-refractivity contribution in [3.05, 3.63) is 76.5 Å². The van der Waals surface area contributed by atoms with Gasteiger partial charge in [-0.25, -0.2) is 15.0 Å². The highest BCUT2D eigenvalue weighted by Gasteiger charge is 2.32. The van der Waals surface area contributed by atoms with Gasteiger partial charge in [-0.3, -0.25) is 9.59 Å². The molecule has 10 nitrogen and oxygen atoms in total. The van der Waals surface area contributed by atoms with Crippen LogP contribution in [0.2, 0.25) is 0 Å². The quantitative estimate of drug-likeness (QED) is 0.320. The molecule has 3 N–H and O–H groups in total. The molecule has 0 spiro atoms. The summed E-state index contributed by atoms with van der Waals surface area (Å²) in [5, 5.41) is 14.2. The van der Waals surface area contributed by atoms with Crippen molar-refractivity contribution in [3.63, 3.8) is 0 Å². The van der Waals surface area contributed by atoms with E-state index in [2.05, 4.69) is 36.1 Å². The Bertz CT molecular complexity index is 1390. The van der Waals surface area contributed by atoms with E-state index in [4.69, 9.17) is 4.52 Å². The number of aryl methyl sites for hydroxylation is 1. The molecule has 36 heavy (non-hydrogen) atoms. The van der Waals surface area contributed by atoms with Crippen LogP contribution in [-0.2, 0) is 6.18 Å². The molecular formula is C22H18F3N7O3S. The average Bonchev–Trinajstić information content (AvgIpc) is 3.52. The largest absolute Gasteiger partial charge is 0.416 e. The van der Waals surface area contributed by atoms with Crippen molar-refractivity contribution in [2.45, 2.75) is 26.1 Å². The molecule has 14 heteroatoms. The number of amides is 2. The molecule has 0 radical (unpaired) electrons. The van der Waals surface area contributed by atoms with E-state index in [9.17, 15) is 22.8 Å². The number of rotatable bonds is 7. The molecule has 0 unspecified atom stereocenters. The van der Waals surface area contributed by atoms with Crippen molar-refractivity contribution in [1.82, 2.24) is 25.4 Å². The maximum atomic E-state index is 13.1. The summed E-state index contributed by atoms with van der Waals surface area (Å²) in [5.74, 6) is -1.18. The number of halogens is 3. The fourth-order valence-electron chi connectivity index (χ4n) is 3.09. The first kappa shape index (κ1) is 24.8. The molecule has 4 rings (SSSR count). The summed E-state index contributed by atoms with van der Waals surface area (Å²) in [4.78, 5) is 37.2. The molecule has 3 aromatic heterocycles. The summed E-state index contributed by atoms with van der Waals surface area (Å²) in [7, 11) is 0. The van der Waals surface area contributed by atoms with Crippen LogP contribution in [0.15, 0.2) is 52.8 Å².